The molecule has 0 bridgehead atoms. The van der Waals surface area contributed by atoms with Gasteiger partial charge in [-0.05, 0) is 6.72 Å². The van der Waals surface area contributed by atoms with Gasteiger partial charge in [-0.15, -0.1) is 0 Å². The third kappa shape index (κ3) is 4.79. The zero-order valence-corrected chi connectivity index (χ0v) is 4.70. The molecule has 0 aliphatic rings. The highest BCUT2D eigenvalue weighted by Gasteiger charge is 1.52. The van der Waals surface area contributed by atoms with Crippen LogP contribution in [0.5, 0.6) is 0 Å². The lowest BCUT2D eigenvalue weighted by Gasteiger charge is -1.64. The van der Waals surface area contributed by atoms with Crippen LogP contribution in [0.3, 0.4) is 0 Å². The van der Waals surface area contributed by atoms with Gasteiger partial charge < -0.3 is 0 Å². The van der Waals surface area contributed by atoms with E-state index in [1.54, 1.807) is 7.05 Å². The van der Waals surface area contributed by atoms with Gasteiger partial charge in [0.2, 0.25) is 0 Å². The van der Waals surface area contributed by atoms with Crippen molar-refractivity contribution in [2.75, 3.05) is 7.05 Å². The molecule has 0 aromatic heterocycles. The molecule has 0 saturated carbocycles. The summed E-state index contributed by atoms with van der Waals surface area (Å²) in [5.41, 5.74) is 0. The van der Waals surface area contributed by atoms with Crippen molar-refractivity contribution in [3.63, 3.8) is 0 Å². The topological polar surface area (TPSA) is 37.1 Å². The Morgan fingerprint density at radius 2 is 2.38 bits per heavy atom. The Morgan fingerprint density at radius 1 is 1.62 bits per heavy atom. The van der Waals surface area contributed by atoms with Crippen molar-refractivity contribution < 1.29 is 0 Å². The van der Waals surface area contributed by atoms with Gasteiger partial charge in [0.15, 0.2) is 0 Å². The van der Waals surface area contributed by atoms with E-state index in [-0.39, 0.29) is 0 Å². The maximum atomic E-state index is 3.60. The lowest BCUT2D eigenvalue weighted by Crippen LogP contribution is -1.58. The molecule has 3 heteroatoms. The van der Waals surface area contributed by atoms with Crippen LogP contribution >= 0.6 is 0 Å². The Balaban J connectivity index is 3.58. The lowest BCUT2D eigenvalue weighted by atomic mass is 11.0. The summed E-state index contributed by atoms with van der Waals surface area (Å²) in [5, 5.41) is 0. The zero-order chi connectivity index (χ0) is 6.24. The Labute approximate surface area is 48.2 Å². The van der Waals surface area contributed by atoms with Crippen molar-refractivity contribution in [1.29, 1.82) is 0 Å². The van der Waals surface area contributed by atoms with Gasteiger partial charge in [-0.25, -0.2) is 9.98 Å². The third-order valence-corrected chi connectivity index (χ3v) is 0.410. The molecule has 0 rings (SSSR count). The summed E-state index contributed by atoms with van der Waals surface area (Å²) in [6, 6.07) is 0. The molecule has 42 valence electrons. The summed E-state index contributed by atoms with van der Waals surface area (Å²) in [5.74, 6) is 2.50. The third-order valence-electron chi connectivity index (χ3n) is 0.410. The van der Waals surface area contributed by atoms with Crippen LogP contribution in [0.15, 0.2) is 21.2 Å². The molecule has 0 aromatic carbocycles. The first-order valence-corrected chi connectivity index (χ1v) is 2.05. The first kappa shape index (κ1) is 6.79. The smallest absolute Gasteiger partial charge is 0.115 e. The molecule has 0 amide bonds. The zero-order valence-electron chi connectivity index (χ0n) is 4.70. The van der Waals surface area contributed by atoms with E-state index in [1.165, 1.54) is 12.5 Å². The van der Waals surface area contributed by atoms with Gasteiger partial charge in [0.25, 0.3) is 0 Å². The number of rotatable bonds is 2. The van der Waals surface area contributed by atoms with Crippen molar-refractivity contribution in [2.24, 2.45) is 15.0 Å². The Hall–Kier alpha value is -1.21. The van der Waals surface area contributed by atoms with E-state index in [2.05, 4.69) is 27.6 Å². The molecule has 3 nitrogen and oxygen atoms in total. The van der Waals surface area contributed by atoms with Crippen LogP contribution in [0.2, 0.25) is 0 Å². The van der Waals surface area contributed by atoms with Crippen LogP contribution in [0.4, 0.5) is 0 Å². The van der Waals surface area contributed by atoms with Crippen molar-refractivity contribution in [1.82, 2.24) is 0 Å². The molecule has 0 spiro atoms. The van der Waals surface area contributed by atoms with Crippen LogP contribution in [-0.4, -0.2) is 26.0 Å². The van der Waals surface area contributed by atoms with Gasteiger partial charge in [-0.2, -0.15) is 0 Å². The van der Waals surface area contributed by atoms with E-state index >= 15 is 0 Å². The quantitative estimate of drug-likeness (QED) is 0.366. The molecule has 0 heterocycles. The molecule has 0 fully saturated rings. The highest BCUT2D eigenvalue weighted by molar-refractivity contribution is 5.64. The average Bonchev–Trinajstić information content (AvgIpc) is 1.81. The monoisotopic (exact) mass is 109 g/mol. The largest absolute Gasteiger partial charge is 0.253 e. The van der Waals surface area contributed by atoms with Crippen molar-refractivity contribution >= 4 is 18.9 Å². The molecule has 0 aliphatic carbocycles. The SMILES string of the molecule is C=NC=NC=C=NC. The standard InChI is InChI=1S/C5H7N3/c1-6-3-4-8-5-7-2/h4-5H,2H2,1H3. The molecule has 8 heavy (non-hydrogen) atoms. The van der Waals surface area contributed by atoms with Gasteiger partial charge in [0.05, 0.1) is 6.20 Å². The van der Waals surface area contributed by atoms with E-state index in [0.717, 1.165) is 0 Å². The highest BCUT2D eigenvalue weighted by Crippen LogP contribution is 1.61. The maximum absolute atomic E-state index is 3.60. The fourth-order valence-corrected chi connectivity index (χ4v) is 0.172. The summed E-state index contributed by atoms with van der Waals surface area (Å²) in [6.45, 7) is 3.18. The molecular weight excluding hydrogens is 102 g/mol. The lowest BCUT2D eigenvalue weighted by molar-refractivity contribution is 1.47. The van der Waals surface area contributed by atoms with Crippen LogP contribution in [0, 0.1) is 0 Å². The van der Waals surface area contributed by atoms with Crippen LogP contribution in [0.25, 0.3) is 0 Å². The summed E-state index contributed by atoms with van der Waals surface area (Å²) in [4.78, 5) is 10.5. The summed E-state index contributed by atoms with van der Waals surface area (Å²) in [7, 11) is 1.62. The molecule has 0 saturated heterocycles. The second-order valence-electron chi connectivity index (χ2n) is 0.929. The van der Waals surface area contributed by atoms with Crippen molar-refractivity contribution in [2.45, 2.75) is 0 Å². The minimum absolute atomic E-state index is 1.32. The summed E-state index contributed by atoms with van der Waals surface area (Å²) in [6.07, 6.45) is 2.73. The number of hydrogen-bond donors (Lipinski definition) is 0. The second kappa shape index (κ2) is 5.79. The van der Waals surface area contributed by atoms with Gasteiger partial charge >= 0.3 is 0 Å². The van der Waals surface area contributed by atoms with Gasteiger partial charge in [-0.1, -0.05) is 0 Å². The van der Waals surface area contributed by atoms with Crippen LogP contribution in [-0.2, 0) is 0 Å². The van der Waals surface area contributed by atoms with Crippen molar-refractivity contribution in [3.8, 4) is 0 Å². The fourth-order valence-electron chi connectivity index (χ4n) is 0.172. The molecular formula is C5H7N3. The van der Waals surface area contributed by atoms with E-state index in [9.17, 15) is 0 Å². The summed E-state index contributed by atoms with van der Waals surface area (Å²) < 4.78 is 0. The molecule has 0 radical (unpaired) electrons. The first-order valence-electron chi connectivity index (χ1n) is 2.05. The minimum Gasteiger partial charge on any atom is -0.253 e. The Bertz CT molecular complexity index is 140. The first-order chi connectivity index (χ1) is 3.91. The van der Waals surface area contributed by atoms with Crippen LogP contribution < -0.4 is 0 Å². The number of nitrogens with zero attached hydrogens (tertiary/aromatic N) is 3. The molecule has 0 N–H and O–H groups in total. The van der Waals surface area contributed by atoms with E-state index in [1.807, 2.05) is 0 Å². The van der Waals surface area contributed by atoms with Gasteiger partial charge in [0, 0.05) is 12.9 Å². The Kier molecular flexibility index (Phi) is 4.91. The van der Waals surface area contributed by atoms with Gasteiger partial charge in [0.1, 0.15) is 6.34 Å². The van der Waals surface area contributed by atoms with Gasteiger partial charge in [-0.3, -0.25) is 4.99 Å². The molecule has 0 aliphatic heterocycles. The number of hydrogen-bond acceptors (Lipinski definition) is 2. The fraction of sp³-hybridized carbons (Fsp3) is 0.200. The molecule has 0 unspecified atom stereocenters. The second-order valence-corrected chi connectivity index (χ2v) is 0.929. The molecule has 0 atom stereocenters. The Morgan fingerprint density at radius 3 is 2.88 bits per heavy atom. The summed E-state index contributed by atoms with van der Waals surface area (Å²) >= 11 is 0. The molecule has 0 aromatic rings. The van der Waals surface area contributed by atoms with E-state index < -0.39 is 0 Å². The van der Waals surface area contributed by atoms with E-state index in [4.69, 9.17) is 0 Å². The highest BCUT2D eigenvalue weighted by atomic mass is 14.8. The maximum Gasteiger partial charge on any atom is 0.115 e. The normalized spacial score (nSPS) is 8.12. The average molecular weight is 109 g/mol. The minimum atomic E-state index is 1.32. The predicted octanol–water partition coefficient (Wildman–Crippen LogP) is 0.528. The van der Waals surface area contributed by atoms with Crippen molar-refractivity contribution in [3.05, 3.63) is 6.20 Å². The van der Waals surface area contributed by atoms with Crippen LogP contribution in [0.1, 0.15) is 0 Å². The van der Waals surface area contributed by atoms with E-state index in [0.29, 0.717) is 0 Å². The number of aliphatic imine (C=N–C) groups is 3. The predicted molar refractivity (Wildman–Crippen MR) is 36.0 cm³/mol.